The summed E-state index contributed by atoms with van der Waals surface area (Å²) in [6, 6.07) is 3.25. The van der Waals surface area contributed by atoms with Crippen LogP contribution in [0.4, 0.5) is 11.6 Å². The van der Waals surface area contributed by atoms with E-state index >= 15 is 0 Å². The normalized spacial score (nSPS) is 11.4. The average Bonchev–Trinajstić information content (AvgIpc) is 2.85. The van der Waals surface area contributed by atoms with Crippen molar-refractivity contribution >= 4 is 21.7 Å². The lowest BCUT2D eigenvalue weighted by molar-refractivity contribution is 0.390. The Morgan fingerprint density at radius 3 is 2.39 bits per heavy atom. The van der Waals surface area contributed by atoms with Gasteiger partial charge in [0.05, 0.1) is 0 Å². The van der Waals surface area contributed by atoms with Crippen LogP contribution in [0.15, 0.2) is 21.6 Å². The van der Waals surface area contributed by atoms with Crippen LogP contribution in [0.3, 0.4) is 0 Å². The van der Waals surface area contributed by atoms with Crippen LogP contribution in [-0.2, 0) is 10.0 Å². The van der Waals surface area contributed by atoms with Gasteiger partial charge in [-0.1, -0.05) is 24.9 Å². The van der Waals surface area contributed by atoms with Crippen LogP contribution in [0.2, 0.25) is 0 Å². The van der Waals surface area contributed by atoms with Gasteiger partial charge in [-0.25, -0.2) is 8.42 Å². The Hall–Kier alpha value is -2.16. The maximum absolute atomic E-state index is 12.3. The van der Waals surface area contributed by atoms with Crippen LogP contribution < -0.4 is 10.0 Å². The Morgan fingerprint density at radius 2 is 1.83 bits per heavy atom. The molecule has 0 unspecified atom stereocenters. The lowest BCUT2D eigenvalue weighted by atomic mass is 10.2. The molecule has 0 aliphatic heterocycles. The molecule has 0 aromatic carbocycles. The van der Waals surface area contributed by atoms with Crippen LogP contribution in [-0.4, -0.2) is 30.3 Å². The van der Waals surface area contributed by atoms with Gasteiger partial charge in [0.25, 0.3) is 10.0 Å². The van der Waals surface area contributed by atoms with E-state index in [-0.39, 0.29) is 16.5 Å². The molecule has 2 aromatic heterocycles. The zero-order valence-corrected chi connectivity index (χ0v) is 14.3. The summed E-state index contributed by atoms with van der Waals surface area (Å²) < 4.78 is 31.9. The summed E-state index contributed by atoms with van der Waals surface area (Å²) in [5, 5.41) is 14.6. The predicted octanol–water partition coefficient (Wildman–Crippen LogP) is 2.48. The van der Waals surface area contributed by atoms with Crippen molar-refractivity contribution in [3.63, 3.8) is 0 Å². The SMILES string of the molecule is CCCCCNc1ccc(NS(=O)(=O)c2c(C)noc2C)nn1. The van der Waals surface area contributed by atoms with Crippen LogP contribution in [0.5, 0.6) is 0 Å². The van der Waals surface area contributed by atoms with E-state index in [9.17, 15) is 8.42 Å². The highest BCUT2D eigenvalue weighted by Gasteiger charge is 2.24. The first-order chi connectivity index (χ1) is 10.9. The molecule has 0 spiro atoms. The molecule has 8 nitrogen and oxygen atoms in total. The topological polar surface area (TPSA) is 110 Å². The van der Waals surface area contributed by atoms with E-state index in [1.165, 1.54) is 0 Å². The van der Waals surface area contributed by atoms with E-state index < -0.39 is 10.0 Å². The van der Waals surface area contributed by atoms with Gasteiger partial charge >= 0.3 is 0 Å². The molecule has 0 aliphatic carbocycles. The number of anilines is 2. The summed E-state index contributed by atoms with van der Waals surface area (Å²) in [7, 11) is -3.80. The van der Waals surface area contributed by atoms with E-state index in [0.717, 1.165) is 25.8 Å². The third-order valence-corrected chi connectivity index (χ3v) is 4.82. The number of nitrogens with zero attached hydrogens (tertiary/aromatic N) is 3. The number of sulfonamides is 1. The molecule has 0 saturated carbocycles. The van der Waals surface area contributed by atoms with Gasteiger partial charge in [-0.15, -0.1) is 10.2 Å². The second-order valence-electron chi connectivity index (χ2n) is 5.20. The van der Waals surface area contributed by atoms with E-state index in [0.29, 0.717) is 11.5 Å². The van der Waals surface area contributed by atoms with Crippen LogP contribution in [0, 0.1) is 13.8 Å². The molecule has 2 aromatic rings. The Bertz CT molecular complexity index is 721. The van der Waals surface area contributed by atoms with Gasteiger partial charge in [0, 0.05) is 6.54 Å². The summed E-state index contributed by atoms with van der Waals surface area (Å²) in [5.41, 5.74) is 0.303. The van der Waals surface area contributed by atoms with Gasteiger partial charge in [-0.05, 0) is 32.4 Å². The lowest BCUT2D eigenvalue weighted by Crippen LogP contribution is -2.16. The van der Waals surface area contributed by atoms with E-state index in [4.69, 9.17) is 4.52 Å². The Labute approximate surface area is 135 Å². The Kier molecular flexibility index (Phi) is 5.54. The standard InChI is InChI=1S/C14H21N5O3S/c1-4-5-6-9-15-12-7-8-13(17-16-12)19-23(20,21)14-10(2)18-22-11(14)3/h7-8H,4-6,9H2,1-3H3,(H,15,16)(H,17,19). The second-order valence-corrected chi connectivity index (χ2v) is 6.82. The molecule has 2 N–H and O–H groups in total. The van der Waals surface area contributed by atoms with Gasteiger partial charge in [0.2, 0.25) is 0 Å². The quantitative estimate of drug-likeness (QED) is 0.711. The highest BCUT2D eigenvalue weighted by atomic mass is 32.2. The Morgan fingerprint density at radius 1 is 1.13 bits per heavy atom. The summed E-state index contributed by atoms with van der Waals surface area (Å²) in [6.07, 6.45) is 3.35. The molecule has 0 bridgehead atoms. The number of hydrogen-bond acceptors (Lipinski definition) is 7. The molecule has 2 rings (SSSR count). The molecule has 9 heteroatoms. The minimum Gasteiger partial charge on any atom is -0.369 e. The first-order valence-corrected chi connectivity index (χ1v) is 8.95. The zero-order valence-electron chi connectivity index (χ0n) is 13.5. The highest BCUT2D eigenvalue weighted by molar-refractivity contribution is 7.92. The van der Waals surface area contributed by atoms with Crippen molar-refractivity contribution in [2.24, 2.45) is 0 Å². The number of hydrogen-bond donors (Lipinski definition) is 2. The van der Waals surface area contributed by atoms with E-state index in [1.54, 1.807) is 26.0 Å². The van der Waals surface area contributed by atoms with Crippen LogP contribution in [0.25, 0.3) is 0 Å². The molecule has 0 atom stereocenters. The fraction of sp³-hybridized carbons (Fsp3) is 0.500. The minimum atomic E-state index is -3.80. The van der Waals surface area contributed by atoms with Gasteiger partial charge in [0.15, 0.2) is 16.5 Å². The van der Waals surface area contributed by atoms with Crippen LogP contribution in [0.1, 0.15) is 37.6 Å². The summed E-state index contributed by atoms with van der Waals surface area (Å²) >= 11 is 0. The third-order valence-electron chi connectivity index (χ3n) is 3.23. The average molecular weight is 339 g/mol. The smallest absolute Gasteiger partial charge is 0.268 e. The molecule has 2 heterocycles. The molecule has 23 heavy (non-hydrogen) atoms. The van der Waals surface area contributed by atoms with Crippen molar-refractivity contribution in [3.8, 4) is 0 Å². The minimum absolute atomic E-state index is 0.0288. The highest BCUT2D eigenvalue weighted by Crippen LogP contribution is 2.21. The lowest BCUT2D eigenvalue weighted by Gasteiger charge is -2.07. The van der Waals surface area contributed by atoms with Crippen molar-refractivity contribution in [1.29, 1.82) is 0 Å². The summed E-state index contributed by atoms with van der Waals surface area (Å²) in [4.78, 5) is 0.0288. The largest absolute Gasteiger partial charge is 0.369 e. The fourth-order valence-electron chi connectivity index (χ4n) is 2.12. The zero-order chi connectivity index (χ0) is 16.9. The molecule has 126 valence electrons. The monoisotopic (exact) mass is 339 g/mol. The van der Waals surface area contributed by atoms with Gasteiger partial charge in [-0.3, -0.25) is 4.72 Å². The predicted molar refractivity (Wildman–Crippen MR) is 86.8 cm³/mol. The van der Waals surface area contributed by atoms with Gasteiger partial charge in [-0.2, -0.15) is 0 Å². The molecule has 0 radical (unpaired) electrons. The van der Waals surface area contributed by atoms with E-state index in [1.807, 2.05) is 0 Å². The third kappa shape index (κ3) is 4.41. The maximum atomic E-state index is 12.3. The van der Waals surface area contributed by atoms with Crippen molar-refractivity contribution in [1.82, 2.24) is 15.4 Å². The van der Waals surface area contributed by atoms with E-state index in [2.05, 4.69) is 32.3 Å². The number of rotatable bonds is 8. The molecule has 0 aliphatic rings. The first-order valence-electron chi connectivity index (χ1n) is 7.47. The van der Waals surface area contributed by atoms with Crippen molar-refractivity contribution in [2.45, 2.75) is 44.9 Å². The number of aromatic nitrogens is 3. The first kappa shape index (κ1) is 17.2. The number of unbranched alkanes of at least 4 members (excludes halogenated alkanes) is 2. The summed E-state index contributed by atoms with van der Waals surface area (Å²) in [6.45, 7) is 6.07. The number of aryl methyl sites for hydroxylation is 2. The molecule has 0 fully saturated rings. The van der Waals surface area contributed by atoms with Crippen molar-refractivity contribution < 1.29 is 12.9 Å². The van der Waals surface area contributed by atoms with Gasteiger partial charge in [0.1, 0.15) is 11.5 Å². The van der Waals surface area contributed by atoms with Crippen molar-refractivity contribution in [3.05, 3.63) is 23.6 Å². The second kappa shape index (κ2) is 7.40. The van der Waals surface area contributed by atoms with Crippen molar-refractivity contribution in [2.75, 3.05) is 16.6 Å². The summed E-state index contributed by atoms with van der Waals surface area (Å²) in [5.74, 6) is 0.989. The maximum Gasteiger partial charge on any atom is 0.268 e. The number of nitrogens with one attached hydrogen (secondary N) is 2. The molecular weight excluding hydrogens is 318 g/mol. The molecule has 0 amide bonds. The van der Waals surface area contributed by atoms with Gasteiger partial charge < -0.3 is 9.84 Å². The fourth-order valence-corrected chi connectivity index (χ4v) is 3.45. The molecule has 0 saturated heterocycles. The Balaban J connectivity index is 2.03. The van der Waals surface area contributed by atoms with Crippen LogP contribution >= 0.6 is 0 Å². The molecular formula is C14H21N5O3S.